The predicted molar refractivity (Wildman–Crippen MR) is 105 cm³/mol. The van der Waals surface area contributed by atoms with Gasteiger partial charge in [-0.15, -0.1) is 0 Å². The first kappa shape index (κ1) is 19.9. The predicted octanol–water partition coefficient (Wildman–Crippen LogP) is 4.66. The highest BCUT2D eigenvalue weighted by Gasteiger charge is 2.31. The number of anilines is 2. The second-order valence-corrected chi connectivity index (χ2v) is 7.74. The third kappa shape index (κ3) is 4.32. The van der Waals surface area contributed by atoms with Crippen molar-refractivity contribution in [1.29, 1.82) is 0 Å². The van der Waals surface area contributed by atoms with E-state index < -0.39 is 11.7 Å². The second-order valence-electron chi connectivity index (χ2n) is 7.74. The number of alkyl halides is 2. The lowest BCUT2D eigenvalue weighted by atomic mass is 10.0. The Bertz CT molecular complexity index is 835. The van der Waals surface area contributed by atoms with Crippen molar-refractivity contribution < 1.29 is 17.9 Å². The van der Waals surface area contributed by atoms with Gasteiger partial charge in [0.05, 0.1) is 12.1 Å². The topological polar surface area (TPSA) is 50.3 Å². The van der Waals surface area contributed by atoms with E-state index in [0.717, 1.165) is 44.8 Å². The fourth-order valence-electron chi connectivity index (χ4n) is 4.06. The molecular weight excluding hydrogens is 381 g/mol. The zero-order chi connectivity index (χ0) is 20.4. The van der Waals surface area contributed by atoms with E-state index in [0.29, 0.717) is 13.1 Å². The molecule has 4 rings (SSSR count). The Labute approximate surface area is 168 Å². The Morgan fingerprint density at radius 1 is 1.17 bits per heavy atom. The van der Waals surface area contributed by atoms with E-state index >= 15 is 4.39 Å². The van der Waals surface area contributed by atoms with Crippen LogP contribution in [-0.2, 0) is 10.7 Å². The van der Waals surface area contributed by atoms with Crippen LogP contribution in [0.2, 0.25) is 0 Å². The van der Waals surface area contributed by atoms with Crippen molar-refractivity contribution >= 4 is 11.6 Å². The smallest absolute Gasteiger partial charge is 0.270 e. The first-order chi connectivity index (χ1) is 13.9. The zero-order valence-corrected chi connectivity index (χ0v) is 16.4. The fraction of sp³-hybridized carbons (Fsp3) is 0.524. The molecule has 2 aliphatic rings. The molecule has 1 aromatic heterocycles. The molecule has 2 fully saturated rings. The quantitative estimate of drug-likeness (QED) is 0.756. The van der Waals surface area contributed by atoms with Gasteiger partial charge in [-0.2, -0.15) is 4.39 Å². The minimum atomic E-state index is -2.88. The summed E-state index contributed by atoms with van der Waals surface area (Å²) in [6, 6.07) is 6.18. The van der Waals surface area contributed by atoms with Crippen LogP contribution in [0.4, 0.5) is 24.8 Å². The molecule has 0 amide bonds. The Kier molecular flexibility index (Phi) is 5.63. The van der Waals surface area contributed by atoms with E-state index in [1.54, 1.807) is 12.1 Å². The third-order valence-electron chi connectivity index (χ3n) is 5.62. The van der Waals surface area contributed by atoms with Gasteiger partial charge in [0.15, 0.2) is 11.6 Å². The standard InChI is InChI=1S/C21H25F3N4O/c1-21(23,24)15-8-6-14(7-9-15)17-5-2-10-28(17)20-18(22)19(26-13-27-20)25-12-16-4-3-11-29-16/h6-9,13,16-17H,2-5,10-12H2,1H3,(H,25,26,27). The molecule has 0 spiro atoms. The van der Waals surface area contributed by atoms with Gasteiger partial charge >= 0.3 is 0 Å². The molecule has 2 aliphatic heterocycles. The average molecular weight is 406 g/mol. The average Bonchev–Trinajstić information content (AvgIpc) is 3.39. The summed E-state index contributed by atoms with van der Waals surface area (Å²) in [4.78, 5) is 10.1. The van der Waals surface area contributed by atoms with E-state index in [1.165, 1.54) is 18.5 Å². The lowest BCUT2D eigenvalue weighted by Gasteiger charge is -2.27. The molecule has 0 bridgehead atoms. The van der Waals surface area contributed by atoms with Crippen LogP contribution in [0.3, 0.4) is 0 Å². The summed E-state index contributed by atoms with van der Waals surface area (Å²) in [5.74, 6) is -2.97. The normalized spacial score (nSPS) is 22.3. The molecule has 3 heterocycles. The van der Waals surface area contributed by atoms with Crippen molar-refractivity contribution in [1.82, 2.24) is 9.97 Å². The minimum Gasteiger partial charge on any atom is -0.376 e. The molecule has 2 atom stereocenters. The summed E-state index contributed by atoms with van der Waals surface area (Å²) in [6.07, 6.45) is 5.08. The number of halogens is 3. The van der Waals surface area contributed by atoms with Gasteiger partial charge in [-0.05, 0) is 31.2 Å². The van der Waals surface area contributed by atoms with E-state index in [2.05, 4.69) is 15.3 Å². The molecular formula is C21H25F3N4O. The molecule has 29 heavy (non-hydrogen) atoms. The molecule has 2 aromatic rings. The molecule has 2 unspecified atom stereocenters. The molecule has 8 heteroatoms. The van der Waals surface area contributed by atoms with Crippen LogP contribution in [0.5, 0.6) is 0 Å². The number of benzene rings is 1. The van der Waals surface area contributed by atoms with E-state index in [1.807, 2.05) is 4.90 Å². The third-order valence-corrected chi connectivity index (χ3v) is 5.62. The van der Waals surface area contributed by atoms with E-state index in [9.17, 15) is 8.78 Å². The summed E-state index contributed by atoms with van der Waals surface area (Å²) in [7, 11) is 0. The molecule has 0 radical (unpaired) electrons. The number of ether oxygens (including phenoxy) is 1. The molecule has 5 nitrogen and oxygen atoms in total. The molecule has 1 aromatic carbocycles. The zero-order valence-electron chi connectivity index (χ0n) is 16.4. The molecule has 0 saturated carbocycles. The summed E-state index contributed by atoms with van der Waals surface area (Å²) in [6.45, 7) is 2.77. The van der Waals surface area contributed by atoms with Crippen LogP contribution >= 0.6 is 0 Å². The molecule has 0 aliphatic carbocycles. The van der Waals surface area contributed by atoms with Crippen molar-refractivity contribution in [3.8, 4) is 0 Å². The monoisotopic (exact) mass is 406 g/mol. The first-order valence-corrected chi connectivity index (χ1v) is 10.0. The number of hydrogen-bond acceptors (Lipinski definition) is 5. The lowest BCUT2D eigenvalue weighted by Crippen LogP contribution is -2.26. The van der Waals surface area contributed by atoms with Gasteiger partial charge in [0, 0.05) is 32.2 Å². The van der Waals surface area contributed by atoms with Gasteiger partial charge in [-0.3, -0.25) is 0 Å². The van der Waals surface area contributed by atoms with Crippen molar-refractivity contribution in [2.24, 2.45) is 0 Å². The van der Waals surface area contributed by atoms with Crippen LogP contribution in [0.15, 0.2) is 30.6 Å². The highest BCUT2D eigenvalue weighted by Crippen LogP contribution is 2.38. The number of hydrogen-bond donors (Lipinski definition) is 1. The summed E-state index contributed by atoms with van der Waals surface area (Å²) in [5.41, 5.74) is 0.849. The molecule has 156 valence electrons. The molecule has 2 saturated heterocycles. The second kappa shape index (κ2) is 8.18. The Morgan fingerprint density at radius 2 is 1.97 bits per heavy atom. The summed E-state index contributed by atoms with van der Waals surface area (Å²) < 4.78 is 47.7. The number of aromatic nitrogens is 2. The van der Waals surface area contributed by atoms with Gasteiger partial charge in [-0.25, -0.2) is 18.7 Å². The van der Waals surface area contributed by atoms with E-state index in [-0.39, 0.29) is 29.3 Å². The fourth-order valence-corrected chi connectivity index (χ4v) is 4.06. The van der Waals surface area contributed by atoms with Crippen LogP contribution < -0.4 is 10.2 Å². The van der Waals surface area contributed by atoms with Crippen LogP contribution in [0, 0.1) is 5.82 Å². The Morgan fingerprint density at radius 3 is 2.66 bits per heavy atom. The highest BCUT2D eigenvalue weighted by molar-refractivity contribution is 5.53. The van der Waals surface area contributed by atoms with Crippen molar-refractivity contribution in [2.45, 2.75) is 50.7 Å². The Hall–Kier alpha value is -2.35. The maximum Gasteiger partial charge on any atom is 0.270 e. The van der Waals surface area contributed by atoms with Crippen molar-refractivity contribution in [3.05, 3.63) is 47.5 Å². The van der Waals surface area contributed by atoms with Crippen LogP contribution in [0.25, 0.3) is 0 Å². The van der Waals surface area contributed by atoms with Crippen LogP contribution in [-0.4, -0.2) is 35.8 Å². The van der Waals surface area contributed by atoms with Gasteiger partial charge in [0.25, 0.3) is 5.92 Å². The highest BCUT2D eigenvalue weighted by atomic mass is 19.3. The minimum absolute atomic E-state index is 0.0281. The van der Waals surface area contributed by atoms with Gasteiger partial charge in [0.1, 0.15) is 6.33 Å². The lowest BCUT2D eigenvalue weighted by molar-refractivity contribution is 0.0174. The van der Waals surface area contributed by atoms with Gasteiger partial charge in [0.2, 0.25) is 5.82 Å². The van der Waals surface area contributed by atoms with Crippen molar-refractivity contribution in [3.63, 3.8) is 0 Å². The summed E-state index contributed by atoms with van der Waals surface area (Å²) in [5, 5.41) is 3.04. The summed E-state index contributed by atoms with van der Waals surface area (Å²) >= 11 is 0. The largest absolute Gasteiger partial charge is 0.376 e. The maximum absolute atomic E-state index is 15.1. The van der Waals surface area contributed by atoms with Crippen LogP contribution in [0.1, 0.15) is 49.8 Å². The molecule has 1 N–H and O–H groups in total. The van der Waals surface area contributed by atoms with Gasteiger partial charge < -0.3 is 15.0 Å². The maximum atomic E-state index is 15.1. The number of rotatable bonds is 6. The number of nitrogens with one attached hydrogen (secondary N) is 1. The Balaban J connectivity index is 1.53. The first-order valence-electron chi connectivity index (χ1n) is 10.0. The van der Waals surface area contributed by atoms with Crippen molar-refractivity contribution in [2.75, 3.05) is 29.9 Å². The van der Waals surface area contributed by atoms with Gasteiger partial charge in [-0.1, -0.05) is 24.3 Å². The number of nitrogens with zero attached hydrogens (tertiary/aromatic N) is 3. The SMILES string of the molecule is CC(F)(F)c1ccc(C2CCCN2c2ncnc(NCC3CCCO3)c2F)cc1. The van der Waals surface area contributed by atoms with E-state index in [4.69, 9.17) is 4.74 Å².